The third kappa shape index (κ3) is 5.34. The third-order valence-corrected chi connectivity index (χ3v) is 3.34. The van der Waals surface area contributed by atoms with Crippen molar-refractivity contribution >= 4 is 15.9 Å². The molecular weight excluding hydrogens is 290 g/mol. The summed E-state index contributed by atoms with van der Waals surface area (Å²) in [4.78, 5) is 1.90. The molecule has 18 heavy (non-hydrogen) atoms. The average Bonchev–Trinajstić information content (AvgIpc) is 2.43. The smallest absolute Gasteiger partial charge is 0.0626 e. The van der Waals surface area contributed by atoms with Crippen molar-refractivity contribution < 1.29 is 5.11 Å². The van der Waals surface area contributed by atoms with E-state index in [9.17, 15) is 5.11 Å². The lowest BCUT2D eigenvalue weighted by Crippen LogP contribution is -2.34. The van der Waals surface area contributed by atoms with Gasteiger partial charge in [-0.05, 0) is 23.4 Å². The lowest BCUT2D eigenvalue weighted by Gasteiger charge is -2.24. The zero-order chi connectivity index (χ0) is 13.2. The molecule has 0 aliphatic carbocycles. The maximum atomic E-state index is 9.53. The van der Waals surface area contributed by atoms with Gasteiger partial charge in [0.05, 0.1) is 12.6 Å². The molecule has 0 saturated carbocycles. The van der Waals surface area contributed by atoms with Crippen LogP contribution in [0.5, 0.6) is 0 Å². The molecule has 1 rings (SSSR count). The molecule has 0 aromatic heterocycles. The second-order valence-electron chi connectivity index (χ2n) is 4.40. The van der Waals surface area contributed by atoms with E-state index in [1.54, 1.807) is 0 Å². The summed E-state index contributed by atoms with van der Waals surface area (Å²) in [5.41, 5.74) is 1.14. The van der Waals surface area contributed by atoms with Gasteiger partial charge < -0.3 is 10.4 Å². The molecule has 0 saturated heterocycles. The van der Waals surface area contributed by atoms with Gasteiger partial charge in [0, 0.05) is 6.04 Å². The Morgan fingerprint density at radius 2 is 2.06 bits per heavy atom. The molecule has 0 fully saturated rings. The van der Waals surface area contributed by atoms with Crippen molar-refractivity contribution in [3.63, 3.8) is 0 Å². The van der Waals surface area contributed by atoms with Gasteiger partial charge in [-0.15, -0.1) is 0 Å². The van der Waals surface area contributed by atoms with E-state index in [0.29, 0.717) is 6.04 Å². The summed E-state index contributed by atoms with van der Waals surface area (Å²) < 4.78 is 0. The van der Waals surface area contributed by atoms with Crippen molar-refractivity contribution in [2.75, 3.05) is 6.61 Å². The van der Waals surface area contributed by atoms with E-state index in [1.807, 2.05) is 23.2 Å². The second-order valence-corrected chi connectivity index (χ2v) is 4.92. The largest absolute Gasteiger partial charge is 0.394 e. The van der Waals surface area contributed by atoms with Gasteiger partial charge in [0.15, 0.2) is 0 Å². The Balaban J connectivity index is 2.64. The highest BCUT2D eigenvalue weighted by molar-refractivity contribution is 9.11. The Labute approximate surface area is 118 Å². The van der Waals surface area contributed by atoms with Crippen molar-refractivity contribution in [3.8, 4) is 0 Å². The fourth-order valence-corrected chi connectivity index (χ4v) is 2.27. The summed E-state index contributed by atoms with van der Waals surface area (Å²) >= 11 is 3.30. The molecule has 0 spiro atoms. The van der Waals surface area contributed by atoms with Crippen LogP contribution in [0.15, 0.2) is 41.4 Å². The number of rotatable bonds is 8. The summed E-state index contributed by atoms with van der Waals surface area (Å²) in [5.74, 6) is 0. The van der Waals surface area contributed by atoms with Gasteiger partial charge >= 0.3 is 0 Å². The van der Waals surface area contributed by atoms with Crippen LogP contribution >= 0.6 is 15.9 Å². The molecule has 0 bridgehead atoms. The molecule has 0 aliphatic heterocycles. The van der Waals surface area contributed by atoms with E-state index >= 15 is 0 Å². The Bertz CT molecular complexity index is 340. The third-order valence-electron chi connectivity index (χ3n) is 2.97. The fraction of sp³-hybridized carbons (Fsp3) is 0.467. The van der Waals surface area contributed by atoms with E-state index in [4.69, 9.17) is 0 Å². The highest BCUT2D eigenvalue weighted by atomic mass is 79.9. The standard InChI is InChI=1S/C15H22BrNO/c1-2-7-14(10-6-11-16)17-15(12-18)13-8-4-3-5-9-13/h3-6,8-9,11,14-15,17-18H,2,7,10,12H2,1H3/b11-6-/t14-,15-/m0/s1. The van der Waals surface area contributed by atoms with Crippen molar-refractivity contribution in [3.05, 3.63) is 47.0 Å². The first kappa shape index (κ1) is 15.4. The van der Waals surface area contributed by atoms with Crippen LogP contribution < -0.4 is 5.32 Å². The highest BCUT2D eigenvalue weighted by Crippen LogP contribution is 2.15. The van der Waals surface area contributed by atoms with Crippen LogP contribution in [-0.4, -0.2) is 17.8 Å². The van der Waals surface area contributed by atoms with Crippen molar-refractivity contribution in [1.29, 1.82) is 0 Å². The number of aliphatic hydroxyl groups excluding tert-OH is 1. The first-order valence-corrected chi connectivity index (χ1v) is 7.40. The van der Waals surface area contributed by atoms with Crippen LogP contribution in [0.4, 0.5) is 0 Å². The topological polar surface area (TPSA) is 32.3 Å². The summed E-state index contributed by atoms with van der Waals surface area (Å²) in [5, 5.41) is 13.1. The Morgan fingerprint density at radius 3 is 2.61 bits per heavy atom. The Kier molecular flexibility index (Phi) is 7.98. The molecule has 2 N–H and O–H groups in total. The minimum Gasteiger partial charge on any atom is -0.394 e. The Morgan fingerprint density at radius 1 is 1.33 bits per heavy atom. The molecule has 1 aromatic carbocycles. The van der Waals surface area contributed by atoms with Crippen LogP contribution in [0.1, 0.15) is 37.8 Å². The van der Waals surface area contributed by atoms with Gasteiger partial charge in [0.25, 0.3) is 0 Å². The minimum atomic E-state index is 0.0199. The van der Waals surface area contributed by atoms with Crippen LogP contribution in [0.25, 0.3) is 0 Å². The first-order valence-electron chi connectivity index (χ1n) is 6.48. The van der Waals surface area contributed by atoms with E-state index in [2.05, 4.69) is 46.4 Å². The van der Waals surface area contributed by atoms with Crippen LogP contribution in [0, 0.1) is 0 Å². The van der Waals surface area contributed by atoms with Crippen molar-refractivity contribution in [2.45, 2.75) is 38.3 Å². The molecule has 0 unspecified atom stereocenters. The molecule has 0 amide bonds. The van der Waals surface area contributed by atoms with E-state index in [1.165, 1.54) is 0 Å². The number of benzene rings is 1. The van der Waals surface area contributed by atoms with Gasteiger partial charge in [-0.3, -0.25) is 0 Å². The molecule has 3 heteroatoms. The molecular formula is C15H22BrNO. The Hall–Kier alpha value is -0.640. The molecule has 100 valence electrons. The number of nitrogens with one attached hydrogen (secondary N) is 1. The van der Waals surface area contributed by atoms with Gasteiger partial charge in [0.1, 0.15) is 0 Å². The monoisotopic (exact) mass is 311 g/mol. The lowest BCUT2D eigenvalue weighted by molar-refractivity contribution is 0.230. The summed E-state index contributed by atoms with van der Waals surface area (Å²) in [6.07, 6.45) is 5.33. The van der Waals surface area contributed by atoms with E-state index in [0.717, 1.165) is 24.8 Å². The summed E-state index contributed by atoms with van der Waals surface area (Å²) in [6, 6.07) is 10.5. The number of hydrogen-bond acceptors (Lipinski definition) is 2. The predicted octanol–water partition coefficient (Wildman–Crippen LogP) is 3.78. The number of hydrogen-bond donors (Lipinski definition) is 2. The van der Waals surface area contributed by atoms with Crippen molar-refractivity contribution in [2.24, 2.45) is 0 Å². The van der Waals surface area contributed by atoms with Crippen molar-refractivity contribution in [1.82, 2.24) is 5.32 Å². The highest BCUT2D eigenvalue weighted by Gasteiger charge is 2.14. The lowest BCUT2D eigenvalue weighted by atomic mass is 10.0. The fourth-order valence-electron chi connectivity index (χ4n) is 2.06. The quantitative estimate of drug-likeness (QED) is 0.766. The average molecular weight is 312 g/mol. The molecule has 2 atom stereocenters. The van der Waals surface area contributed by atoms with Gasteiger partial charge in [-0.25, -0.2) is 0 Å². The van der Waals surface area contributed by atoms with E-state index < -0.39 is 0 Å². The minimum absolute atomic E-state index is 0.0199. The number of halogens is 1. The predicted molar refractivity (Wildman–Crippen MR) is 80.8 cm³/mol. The van der Waals surface area contributed by atoms with Crippen LogP contribution in [0.2, 0.25) is 0 Å². The normalized spacial score (nSPS) is 14.8. The molecule has 0 radical (unpaired) electrons. The van der Waals surface area contributed by atoms with Crippen LogP contribution in [0.3, 0.4) is 0 Å². The van der Waals surface area contributed by atoms with Gasteiger partial charge in [-0.1, -0.05) is 65.7 Å². The van der Waals surface area contributed by atoms with E-state index in [-0.39, 0.29) is 12.6 Å². The SMILES string of the molecule is CCC[C@@H](C/C=C\Br)N[C@@H](CO)c1ccccc1. The van der Waals surface area contributed by atoms with Crippen LogP contribution in [-0.2, 0) is 0 Å². The number of aliphatic hydroxyl groups is 1. The second kappa shape index (κ2) is 9.31. The zero-order valence-corrected chi connectivity index (χ0v) is 12.4. The molecule has 1 aromatic rings. The van der Waals surface area contributed by atoms with Gasteiger partial charge in [0.2, 0.25) is 0 Å². The van der Waals surface area contributed by atoms with Gasteiger partial charge in [-0.2, -0.15) is 0 Å². The first-order chi connectivity index (χ1) is 8.81. The maximum absolute atomic E-state index is 9.53. The zero-order valence-electron chi connectivity index (χ0n) is 10.8. The molecule has 0 heterocycles. The molecule has 2 nitrogen and oxygen atoms in total. The summed E-state index contributed by atoms with van der Waals surface area (Å²) in [7, 11) is 0. The maximum Gasteiger partial charge on any atom is 0.0626 e. The molecule has 0 aliphatic rings. The summed E-state index contributed by atoms with van der Waals surface area (Å²) in [6.45, 7) is 2.31.